The molecule has 1 aliphatic rings. The Labute approximate surface area is 127 Å². The van der Waals surface area contributed by atoms with E-state index >= 15 is 0 Å². The number of carboxylic acid groups (broad SMARTS) is 1. The fraction of sp³-hybridized carbons (Fsp3) is 0.429. The van der Waals surface area contributed by atoms with Crippen LogP contribution in [0.2, 0.25) is 5.02 Å². The maximum absolute atomic E-state index is 11.3. The van der Waals surface area contributed by atoms with E-state index in [1.54, 1.807) is 29.2 Å². The number of amides is 1. The molecule has 2 N–H and O–H groups in total. The third-order valence-electron chi connectivity index (χ3n) is 3.24. The SMILES string of the molecule is O=C1CN(CCCOc2ccc(Cl)cc2)C(C(=O)O)CN1. The Morgan fingerprint density at radius 2 is 2.14 bits per heavy atom. The number of hydrogen-bond donors (Lipinski definition) is 2. The Morgan fingerprint density at radius 3 is 2.81 bits per heavy atom. The highest BCUT2D eigenvalue weighted by Crippen LogP contribution is 2.15. The van der Waals surface area contributed by atoms with Gasteiger partial charge in [0.15, 0.2) is 0 Å². The van der Waals surface area contributed by atoms with Gasteiger partial charge in [0.25, 0.3) is 0 Å². The van der Waals surface area contributed by atoms with E-state index in [-0.39, 0.29) is 19.0 Å². The fourth-order valence-corrected chi connectivity index (χ4v) is 2.28. The number of benzene rings is 1. The van der Waals surface area contributed by atoms with Gasteiger partial charge in [0, 0.05) is 18.1 Å². The molecule has 1 amide bonds. The molecule has 1 heterocycles. The molecule has 1 aromatic rings. The lowest BCUT2D eigenvalue weighted by molar-refractivity contribution is -0.146. The minimum absolute atomic E-state index is 0.109. The second kappa shape index (κ2) is 7.28. The van der Waals surface area contributed by atoms with Crippen LogP contribution in [0.5, 0.6) is 5.75 Å². The molecule has 0 aromatic heterocycles. The summed E-state index contributed by atoms with van der Waals surface area (Å²) in [5, 5.41) is 12.3. The summed E-state index contributed by atoms with van der Waals surface area (Å²) in [5.74, 6) is -0.356. The van der Waals surface area contributed by atoms with Crippen molar-refractivity contribution in [1.29, 1.82) is 0 Å². The predicted octanol–water partition coefficient (Wildman–Crippen LogP) is 0.994. The molecular weight excluding hydrogens is 296 g/mol. The van der Waals surface area contributed by atoms with Crippen molar-refractivity contribution in [2.24, 2.45) is 0 Å². The summed E-state index contributed by atoms with van der Waals surface area (Å²) in [4.78, 5) is 24.1. The first kappa shape index (κ1) is 15.6. The molecule has 1 fully saturated rings. The molecule has 1 aromatic carbocycles. The van der Waals surface area contributed by atoms with Crippen LogP contribution >= 0.6 is 11.6 Å². The lowest BCUT2D eigenvalue weighted by atomic mass is 10.2. The van der Waals surface area contributed by atoms with Crippen LogP contribution < -0.4 is 10.1 Å². The number of rotatable bonds is 6. The van der Waals surface area contributed by atoms with Gasteiger partial charge < -0.3 is 15.2 Å². The molecule has 1 atom stereocenters. The van der Waals surface area contributed by atoms with Crippen molar-refractivity contribution in [2.75, 3.05) is 26.2 Å². The second-order valence-electron chi connectivity index (χ2n) is 4.78. The Morgan fingerprint density at radius 1 is 1.43 bits per heavy atom. The van der Waals surface area contributed by atoms with Crippen LogP contribution in [0.3, 0.4) is 0 Å². The number of ether oxygens (including phenoxy) is 1. The monoisotopic (exact) mass is 312 g/mol. The molecule has 0 radical (unpaired) electrons. The van der Waals surface area contributed by atoms with E-state index in [0.717, 1.165) is 0 Å². The van der Waals surface area contributed by atoms with E-state index in [4.69, 9.17) is 21.4 Å². The first-order valence-corrected chi connectivity index (χ1v) is 7.06. The van der Waals surface area contributed by atoms with E-state index in [1.165, 1.54) is 0 Å². The Balaban J connectivity index is 1.77. The highest BCUT2D eigenvalue weighted by molar-refractivity contribution is 6.30. The van der Waals surface area contributed by atoms with Gasteiger partial charge in [0.1, 0.15) is 11.8 Å². The Kier molecular flexibility index (Phi) is 5.41. The zero-order chi connectivity index (χ0) is 15.2. The third kappa shape index (κ3) is 4.61. The van der Waals surface area contributed by atoms with Crippen molar-refractivity contribution in [3.63, 3.8) is 0 Å². The highest BCUT2D eigenvalue weighted by atomic mass is 35.5. The van der Waals surface area contributed by atoms with Gasteiger partial charge in [-0.25, -0.2) is 0 Å². The number of piperazine rings is 1. The largest absolute Gasteiger partial charge is 0.494 e. The number of halogens is 1. The topological polar surface area (TPSA) is 78.9 Å². The molecule has 2 rings (SSSR count). The van der Waals surface area contributed by atoms with Gasteiger partial charge >= 0.3 is 5.97 Å². The first-order chi connectivity index (χ1) is 10.1. The van der Waals surface area contributed by atoms with Gasteiger partial charge in [0.05, 0.1) is 13.2 Å². The molecule has 6 nitrogen and oxygen atoms in total. The molecule has 0 saturated carbocycles. The quantitative estimate of drug-likeness (QED) is 0.766. The molecule has 114 valence electrons. The van der Waals surface area contributed by atoms with Crippen molar-refractivity contribution in [3.8, 4) is 5.75 Å². The first-order valence-electron chi connectivity index (χ1n) is 6.68. The summed E-state index contributed by atoms with van der Waals surface area (Å²) >= 11 is 5.78. The molecular formula is C14H17ClN2O4. The lowest BCUT2D eigenvalue weighted by Crippen LogP contribution is -2.57. The van der Waals surface area contributed by atoms with Crippen LogP contribution in [0.15, 0.2) is 24.3 Å². The standard InChI is InChI=1S/C14H17ClN2O4/c15-10-2-4-11(5-3-10)21-7-1-6-17-9-13(18)16-8-12(17)14(19)20/h2-5,12H,1,6-9H2,(H,16,18)(H,19,20). The Hall–Kier alpha value is -1.79. The maximum atomic E-state index is 11.3. The fourth-order valence-electron chi connectivity index (χ4n) is 2.16. The second-order valence-corrected chi connectivity index (χ2v) is 5.22. The van der Waals surface area contributed by atoms with Crippen LogP contribution in [-0.2, 0) is 9.59 Å². The maximum Gasteiger partial charge on any atom is 0.322 e. The minimum Gasteiger partial charge on any atom is -0.494 e. The van der Waals surface area contributed by atoms with E-state index in [9.17, 15) is 9.59 Å². The molecule has 0 bridgehead atoms. The molecule has 1 saturated heterocycles. The third-order valence-corrected chi connectivity index (χ3v) is 3.49. The summed E-state index contributed by atoms with van der Waals surface area (Å²) in [6, 6.07) is 6.37. The number of aliphatic carboxylic acids is 1. The summed E-state index contributed by atoms with van der Waals surface area (Å²) < 4.78 is 5.54. The predicted molar refractivity (Wildman–Crippen MR) is 77.6 cm³/mol. The zero-order valence-electron chi connectivity index (χ0n) is 11.4. The molecule has 7 heteroatoms. The number of carbonyl (C=O) groups excluding carboxylic acids is 1. The van der Waals surface area contributed by atoms with E-state index < -0.39 is 12.0 Å². The van der Waals surface area contributed by atoms with E-state index in [2.05, 4.69) is 5.32 Å². The summed E-state index contributed by atoms with van der Waals surface area (Å²) in [7, 11) is 0. The van der Waals surface area contributed by atoms with Gasteiger partial charge in [-0.15, -0.1) is 0 Å². The number of hydrogen-bond acceptors (Lipinski definition) is 4. The smallest absolute Gasteiger partial charge is 0.322 e. The van der Waals surface area contributed by atoms with Crippen molar-refractivity contribution in [3.05, 3.63) is 29.3 Å². The Bertz CT molecular complexity index is 506. The van der Waals surface area contributed by atoms with Gasteiger partial charge in [-0.3, -0.25) is 14.5 Å². The molecule has 0 spiro atoms. The summed E-state index contributed by atoms with van der Waals surface area (Å²) in [5.41, 5.74) is 0. The summed E-state index contributed by atoms with van der Waals surface area (Å²) in [6.45, 7) is 1.20. The van der Waals surface area contributed by atoms with Crippen LogP contribution in [0.25, 0.3) is 0 Å². The van der Waals surface area contributed by atoms with Crippen LogP contribution in [0.1, 0.15) is 6.42 Å². The number of carboxylic acids is 1. The normalized spacial score (nSPS) is 19.1. The highest BCUT2D eigenvalue weighted by Gasteiger charge is 2.31. The van der Waals surface area contributed by atoms with Crippen molar-refractivity contribution < 1.29 is 19.4 Å². The number of carbonyl (C=O) groups is 2. The van der Waals surface area contributed by atoms with Gasteiger partial charge in [-0.05, 0) is 30.7 Å². The molecule has 1 aliphatic heterocycles. The number of nitrogens with zero attached hydrogens (tertiary/aromatic N) is 1. The molecule has 0 aliphatic carbocycles. The van der Waals surface area contributed by atoms with Crippen LogP contribution in [0.4, 0.5) is 0 Å². The van der Waals surface area contributed by atoms with Crippen LogP contribution in [0, 0.1) is 0 Å². The minimum atomic E-state index is -0.923. The molecule has 1 unspecified atom stereocenters. The van der Waals surface area contributed by atoms with E-state index in [0.29, 0.717) is 30.3 Å². The van der Waals surface area contributed by atoms with Crippen molar-refractivity contribution in [1.82, 2.24) is 10.2 Å². The summed E-state index contributed by atoms with van der Waals surface area (Å²) in [6.07, 6.45) is 0.639. The van der Waals surface area contributed by atoms with Gasteiger partial charge in [0.2, 0.25) is 5.91 Å². The van der Waals surface area contributed by atoms with E-state index in [1.807, 2.05) is 0 Å². The average molecular weight is 313 g/mol. The van der Waals surface area contributed by atoms with Crippen LogP contribution in [-0.4, -0.2) is 54.2 Å². The molecule has 21 heavy (non-hydrogen) atoms. The average Bonchev–Trinajstić information content (AvgIpc) is 2.45. The van der Waals surface area contributed by atoms with Crippen molar-refractivity contribution >= 4 is 23.5 Å². The zero-order valence-corrected chi connectivity index (χ0v) is 12.2. The number of nitrogens with one attached hydrogen (secondary N) is 1. The van der Waals surface area contributed by atoms with Crippen molar-refractivity contribution in [2.45, 2.75) is 12.5 Å². The van der Waals surface area contributed by atoms with Gasteiger partial charge in [-0.1, -0.05) is 11.6 Å². The van der Waals surface area contributed by atoms with Gasteiger partial charge in [-0.2, -0.15) is 0 Å². The lowest BCUT2D eigenvalue weighted by Gasteiger charge is -2.32.